The first kappa shape index (κ1) is 23.0. The molecule has 0 heterocycles. The summed E-state index contributed by atoms with van der Waals surface area (Å²) in [5, 5.41) is 8.89. The number of halogens is 5. The molecule has 156 valence electrons. The predicted octanol–water partition coefficient (Wildman–Crippen LogP) is 5.30. The quantitative estimate of drug-likeness (QED) is 0.457. The minimum Gasteiger partial charge on any atom is -0.463 e. The van der Waals surface area contributed by atoms with E-state index in [4.69, 9.17) is 37.8 Å². The van der Waals surface area contributed by atoms with Gasteiger partial charge in [0.2, 0.25) is 0 Å². The van der Waals surface area contributed by atoms with Gasteiger partial charge in [0.25, 0.3) is 0 Å². The number of alkyl halides is 3. The van der Waals surface area contributed by atoms with E-state index in [1.165, 1.54) is 25.1 Å². The monoisotopic (exact) mass is 450 g/mol. The van der Waals surface area contributed by atoms with E-state index < -0.39 is 29.6 Å². The number of carbonyl (C=O) groups excluding carboxylic acids is 2. The first-order valence-electron chi connectivity index (χ1n) is 8.21. The number of ether oxygens (including phenoxy) is 2. The van der Waals surface area contributed by atoms with Crippen molar-refractivity contribution >= 4 is 35.0 Å². The number of aliphatic hydroxyl groups excluding tert-OH is 1. The van der Waals surface area contributed by atoms with Crippen LogP contribution in [0.5, 0.6) is 11.5 Å². The molecule has 0 aromatic heterocycles. The molecule has 0 bridgehead atoms. The summed E-state index contributed by atoms with van der Waals surface area (Å²) in [6.07, 6.45) is -6.04. The van der Waals surface area contributed by atoms with Crippen molar-refractivity contribution in [2.45, 2.75) is 25.6 Å². The van der Waals surface area contributed by atoms with Crippen LogP contribution in [0.1, 0.15) is 29.3 Å². The Balaban J connectivity index is 2.12. The Labute approximate surface area is 173 Å². The van der Waals surface area contributed by atoms with E-state index in [0.29, 0.717) is 0 Å². The number of Topliss-reactive ketones (excluding diaryl/α,β-unsaturated/α-hetero) is 1. The van der Waals surface area contributed by atoms with E-state index in [1.54, 1.807) is 0 Å². The van der Waals surface area contributed by atoms with E-state index in [0.717, 1.165) is 18.2 Å². The molecule has 0 fully saturated rings. The van der Waals surface area contributed by atoms with Crippen molar-refractivity contribution in [2.24, 2.45) is 0 Å². The van der Waals surface area contributed by atoms with Gasteiger partial charge in [0.05, 0.1) is 22.2 Å². The molecule has 1 N–H and O–H groups in total. The highest BCUT2D eigenvalue weighted by molar-refractivity contribution is 6.34. The molecule has 0 aliphatic rings. The second-order valence-electron chi connectivity index (χ2n) is 5.90. The Kier molecular flexibility index (Phi) is 7.51. The fourth-order valence-electron chi connectivity index (χ4n) is 2.17. The van der Waals surface area contributed by atoms with E-state index in [1.807, 2.05) is 0 Å². The maximum absolute atomic E-state index is 12.7. The van der Waals surface area contributed by atoms with Gasteiger partial charge in [0, 0.05) is 12.0 Å². The summed E-state index contributed by atoms with van der Waals surface area (Å²) >= 11 is 11.9. The summed E-state index contributed by atoms with van der Waals surface area (Å²) < 4.78 is 48.3. The fourth-order valence-corrected chi connectivity index (χ4v) is 2.61. The number of esters is 1. The first-order valence-corrected chi connectivity index (χ1v) is 8.96. The van der Waals surface area contributed by atoms with Gasteiger partial charge in [0.1, 0.15) is 17.6 Å². The normalized spacial score (nSPS) is 12.4. The second kappa shape index (κ2) is 9.47. The molecule has 0 saturated heterocycles. The van der Waals surface area contributed by atoms with Crippen molar-refractivity contribution in [2.75, 3.05) is 6.61 Å². The Morgan fingerprint density at radius 2 is 1.79 bits per heavy atom. The zero-order valence-electron chi connectivity index (χ0n) is 14.9. The van der Waals surface area contributed by atoms with Crippen LogP contribution in [0.25, 0.3) is 0 Å². The van der Waals surface area contributed by atoms with Gasteiger partial charge in [-0.25, -0.2) is 4.79 Å². The molecule has 10 heteroatoms. The zero-order chi connectivity index (χ0) is 21.8. The average molecular weight is 451 g/mol. The summed E-state index contributed by atoms with van der Waals surface area (Å²) in [4.78, 5) is 23.5. The van der Waals surface area contributed by atoms with Gasteiger partial charge in [-0.2, -0.15) is 13.2 Å². The molecule has 0 aliphatic heterocycles. The summed E-state index contributed by atoms with van der Waals surface area (Å²) in [7, 11) is 0. The molecule has 5 nitrogen and oxygen atoms in total. The van der Waals surface area contributed by atoms with Crippen LogP contribution in [-0.4, -0.2) is 29.6 Å². The van der Waals surface area contributed by atoms with Gasteiger partial charge in [-0.15, -0.1) is 0 Å². The van der Waals surface area contributed by atoms with Crippen molar-refractivity contribution in [1.29, 1.82) is 0 Å². The molecule has 0 amide bonds. The smallest absolute Gasteiger partial charge is 0.416 e. The highest BCUT2D eigenvalue weighted by Gasteiger charge is 2.31. The Morgan fingerprint density at radius 1 is 1.10 bits per heavy atom. The maximum atomic E-state index is 12.7. The largest absolute Gasteiger partial charge is 0.463 e. The van der Waals surface area contributed by atoms with Gasteiger partial charge < -0.3 is 14.6 Å². The SMILES string of the molecule is CC(O)C(=O)OCCC(=O)c1cc(Oc2ccc(C(F)(F)F)cc2Cl)ccc1Cl. The molecular formula is C19H15Cl2F3O5. The summed E-state index contributed by atoms with van der Waals surface area (Å²) in [5.41, 5.74) is -0.853. The topological polar surface area (TPSA) is 72.8 Å². The Morgan fingerprint density at radius 3 is 2.38 bits per heavy atom. The highest BCUT2D eigenvalue weighted by atomic mass is 35.5. The molecule has 1 atom stereocenters. The molecule has 0 spiro atoms. The van der Waals surface area contributed by atoms with Crippen molar-refractivity contribution in [3.63, 3.8) is 0 Å². The lowest BCUT2D eigenvalue weighted by atomic mass is 10.1. The predicted molar refractivity (Wildman–Crippen MR) is 99.6 cm³/mol. The van der Waals surface area contributed by atoms with Crippen LogP contribution < -0.4 is 4.74 Å². The molecule has 0 radical (unpaired) electrons. The number of rotatable bonds is 7. The van der Waals surface area contributed by atoms with Crippen molar-refractivity contribution in [1.82, 2.24) is 0 Å². The lowest BCUT2D eigenvalue weighted by molar-refractivity contribution is -0.152. The van der Waals surface area contributed by atoms with Gasteiger partial charge in [0.15, 0.2) is 5.78 Å². The second-order valence-corrected chi connectivity index (χ2v) is 6.72. The van der Waals surface area contributed by atoms with E-state index in [9.17, 15) is 22.8 Å². The molecule has 2 aromatic rings. The molecule has 0 saturated carbocycles. The third kappa shape index (κ3) is 6.35. The molecule has 0 aliphatic carbocycles. The van der Waals surface area contributed by atoms with Crippen LogP contribution in [0.2, 0.25) is 10.0 Å². The Bertz CT molecular complexity index is 913. The van der Waals surface area contributed by atoms with Crippen LogP contribution in [0.3, 0.4) is 0 Å². The van der Waals surface area contributed by atoms with Gasteiger partial charge >= 0.3 is 12.1 Å². The number of hydrogen-bond donors (Lipinski definition) is 1. The summed E-state index contributed by atoms with van der Waals surface area (Å²) in [6, 6.07) is 6.71. The molecule has 2 aromatic carbocycles. The standard InChI is InChI=1S/C19H15Cl2F3O5/c1-10(25)18(27)28-7-6-16(26)13-9-12(3-4-14(13)20)29-17-5-2-11(8-15(17)21)19(22,23)24/h2-5,8-10,25H,6-7H2,1H3. The minimum atomic E-state index is -4.54. The van der Waals surface area contributed by atoms with Crippen LogP contribution >= 0.6 is 23.2 Å². The van der Waals surface area contributed by atoms with E-state index in [-0.39, 0.29) is 40.1 Å². The number of aliphatic hydroxyl groups is 1. The van der Waals surface area contributed by atoms with Crippen LogP contribution in [0.15, 0.2) is 36.4 Å². The maximum Gasteiger partial charge on any atom is 0.416 e. The van der Waals surface area contributed by atoms with Crippen LogP contribution in [0.4, 0.5) is 13.2 Å². The number of ketones is 1. The molecular weight excluding hydrogens is 436 g/mol. The number of hydrogen-bond acceptors (Lipinski definition) is 5. The minimum absolute atomic E-state index is 0.0359. The van der Waals surface area contributed by atoms with Gasteiger partial charge in [-0.05, 0) is 43.3 Å². The lowest BCUT2D eigenvalue weighted by Crippen LogP contribution is -2.20. The van der Waals surface area contributed by atoms with Crippen molar-refractivity contribution in [3.8, 4) is 11.5 Å². The lowest BCUT2D eigenvalue weighted by Gasteiger charge is -2.12. The fraction of sp³-hybridized carbons (Fsp3) is 0.263. The van der Waals surface area contributed by atoms with Crippen molar-refractivity contribution in [3.05, 3.63) is 57.6 Å². The van der Waals surface area contributed by atoms with Gasteiger partial charge in [-0.3, -0.25) is 4.79 Å². The highest BCUT2D eigenvalue weighted by Crippen LogP contribution is 2.37. The van der Waals surface area contributed by atoms with Crippen LogP contribution in [0, 0.1) is 0 Å². The van der Waals surface area contributed by atoms with Gasteiger partial charge in [-0.1, -0.05) is 23.2 Å². The van der Waals surface area contributed by atoms with E-state index >= 15 is 0 Å². The van der Waals surface area contributed by atoms with E-state index in [2.05, 4.69) is 0 Å². The average Bonchev–Trinajstić information content (AvgIpc) is 2.63. The number of carbonyl (C=O) groups is 2. The summed E-state index contributed by atoms with van der Waals surface area (Å²) in [6.45, 7) is 0.975. The molecule has 1 unspecified atom stereocenters. The zero-order valence-corrected chi connectivity index (χ0v) is 16.4. The third-order valence-corrected chi connectivity index (χ3v) is 4.26. The van der Waals surface area contributed by atoms with Crippen LogP contribution in [-0.2, 0) is 15.7 Å². The molecule has 2 rings (SSSR count). The summed E-state index contributed by atoms with van der Waals surface area (Å²) in [5.74, 6) is -1.23. The first-order chi connectivity index (χ1) is 13.5. The third-order valence-electron chi connectivity index (χ3n) is 3.64. The van der Waals surface area contributed by atoms with Crippen molar-refractivity contribution < 1.29 is 37.3 Å². The number of benzene rings is 2. The Hall–Kier alpha value is -2.29. The molecule has 29 heavy (non-hydrogen) atoms.